The van der Waals surface area contributed by atoms with Crippen molar-refractivity contribution in [3.63, 3.8) is 0 Å². The Hall–Kier alpha value is -2.15. The lowest BCUT2D eigenvalue weighted by atomic mass is 10.2. The summed E-state index contributed by atoms with van der Waals surface area (Å²) < 4.78 is 25.2. The molecule has 0 unspecified atom stereocenters. The van der Waals surface area contributed by atoms with Crippen molar-refractivity contribution in [3.8, 4) is 0 Å². The molecule has 0 aliphatic rings. The normalized spacial score (nSPS) is 12.8. The zero-order valence-corrected chi connectivity index (χ0v) is 15.0. The maximum Gasteiger partial charge on any atom is 0.257 e. The van der Waals surface area contributed by atoms with Gasteiger partial charge in [0.1, 0.15) is 0 Å². The molecule has 0 N–H and O–H groups in total. The monoisotopic (exact) mass is 349 g/mol. The van der Waals surface area contributed by atoms with E-state index in [1.165, 1.54) is 11.1 Å². The minimum Gasteiger partial charge on any atom is -0.338 e. The Kier molecular flexibility index (Phi) is 5.77. The van der Waals surface area contributed by atoms with E-state index in [1.54, 1.807) is 31.8 Å². The van der Waals surface area contributed by atoms with Gasteiger partial charge in [0.15, 0.2) is 9.84 Å². The van der Waals surface area contributed by atoms with Crippen LogP contribution in [0.2, 0.25) is 0 Å². The third kappa shape index (κ3) is 4.67. The molecule has 24 heavy (non-hydrogen) atoms. The molecule has 0 radical (unpaired) electrons. The van der Waals surface area contributed by atoms with Crippen LogP contribution in [-0.4, -0.2) is 53.6 Å². The highest BCUT2D eigenvalue weighted by Gasteiger charge is 2.23. The van der Waals surface area contributed by atoms with E-state index in [0.717, 1.165) is 5.56 Å². The predicted octanol–water partition coefficient (Wildman–Crippen LogP) is 1.83. The molecule has 7 heteroatoms. The van der Waals surface area contributed by atoms with Crippen molar-refractivity contribution in [3.05, 3.63) is 53.9 Å². The Morgan fingerprint density at radius 1 is 1.29 bits per heavy atom. The molecule has 1 amide bonds. The topological polar surface area (TPSA) is 72.3 Å². The first-order chi connectivity index (χ1) is 11.3. The lowest BCUT2D eigenvalue weighted by Crippen LogP contribution is -2.39. The van der Waals surface area contributed by atoms with Crippen molar-refractivity contribution in [2.45, 2.75) is 26.4 Å². The number of aromatic nitrogens is 2. The molecule has 2 rings (SSSR count). The Morgan fingerprint density at radius 2 is 1.96 bits per heavy atom. The molecule has 0 spiro atoms. The number of sulfone groups is 1. The minimum absolute atomic E-state index is 0.0378. The summed E-state index contributed by atoms with van der Waals surface area (Å²) >= 11 is 0. The van der Waals surface area contributed by atoms with Crippen LogP contribution in [0.25, 0.3) is 0 Å². The lowest BCUT2D eigenvalue weighted by molar-refractivity contribution is 0.0756. The van der Waals surface area contributed by atoms with Gasteiger partial charge in [-0.2, -0.15) is 5.10 Å². The largest absolute Gasteiger partial charge is 0.338 e. The van der Waals surface area contributed by atoms with Crippen LogP contribution in [0.1, 0.15) is 29.8 Å². The van der Waals surface area contributed by atoms with Crippen LogP contribution in [0.5, 0.6) is 0 Å². The molecule has 0 aliphatic carbocycles. The van der Waals surface area contributed by atoms with Crippen molar-refractivity contribution in [2.75, 3.05) is 18.6 Å². The fraction of sp³-hybridized carbons (Fsp3) is 0.412. The summed E-state index contributed by atoms with van der Waals surface area (Å²) in [6.45, 7) is 3.93. The quantitative estimate of drug-likeness (QED) is 0.764. The van der Waals surface area contributed by atoms with E-state index in [9.17, 15) is 13.2 Å². The van der Waals surface area contributed by atoms with E-state index >= 15 is 0 Å². The predicted molar refractivity (Wildman–Crippen MR) is 93.7 cm³/mol. The van der Waals surface area contributed by atoms with Gasteiger partial charge in [-0.05, 0) is 12.5 Å². The molecule has 6 nitrogen and oxygen atoms in total. The van der Waals surface area contributed by atoms with Gasteiger partial charge >= 0.3 is 0 Å². The average Bonchev–Trinajstić information content (AvgIpc) is 3.02. The highest BCUT2D eigenvalue weighted by Crippen LogP contribution is 2.10. The summed E-state index contributed by atoms with van der Waals surface area (Å²) in [4.78, 5) is 14.0. The maximum atomic E-state index is 12.5. The van der Waals surface area contributed by atoms with Gasteiger partial charge in [0.25, 0.3) is 5.91 Å². The molecule has 2 aromatic rings. The number of carbonyl (C=O) groups excluding carboxylic acids is 1. The third-order valence-corrected chi connectivity index (χ3v) is 5.85. The van der Waals surface area contributed by atoms with Gasteiger partial charge in [0.05, 0.1) is 24.1 Å². The van der Waals surface area contributed by atoms with Crippen molar-refractivity contribution in [1.29, 1.82) is 0 Å². The van der Waals surface area contributed by atoms with Crippen LogP contribution < -0.4 is 0 Å². The van der Waals surface area contributed by atoms with E-state index in [4.69, 9.17) is 0 Å². The van der Waals surface area contributed by atoms with Crippen LogP contribution in [-0.2, 0) is 16.4 Å². The van der Waals surface area contributed by atoms with Crippen LogP contribution >= 0.6 is 0 Å². The molecule has 1 aromatic carbocycles. The summed E-state index contributed by atoms with van der Waals surface area (Å²) in [5.74, 6) is -0.189. The first kappa shape index (κ1) is 18.2. The highest BCUT2D eigenvalue weighted by atomic mass is 32.2. The van der Waals surface area contributed by atoms with Crippen molar-refractivity contribution in [1.82, 2.24) is 14.7 Å². The zero-order chi connectivity index (χ0) is 17.7. The van der Waals surface area contributed by atoms with E-state index in [2.05, 4.69) is 5.10 Å². The smallest absolute Gasteiger partial charge is 0.257 e. The summed E-state index contributed by atoms with van der Waals surface area (Å²) in [6, 6.07) is 9.45. The van der Waals surface area contributed by atoms with Gasteiger partial charge < -0.3 is 4.90 Å². The molecule has 1 aromatic heterocycles. The van der Waals surface area contributed by atoms with Gasteiger partial charge in [-0.1, -0.05) is 37.3 Å². The van der Waals surface area contributed by atoms with Gasteiger partial charge in [0, 0.05) is 25.0 Å². The standard InChI is InChI=1S/C17H23N3O3S/c1-4-24(22,23)13-14(2)19(3)17(21)16-10-18-20(12-16)11-15-8-6-5-7-9-15/h5-10,12,14H,4,11,13H2,1-3H3/t14-/m0/s1. The maximum absolute atomic E-state index is 12.5. The average molecular weight is 349 g/mol. The number of hydrogen-bond acceptors (Lipinski definition) is 4. The summed E-state index contributed by atoms with van der Waals surface area (Å²) in [6.07, 6.45) is 3.20. The molecule has 0 bridgehead atoms. The minimum atomic E-state index is -3.13. The van der Waals surface area contributed by atoms with Crippen molar-refractivity contribution >= 4 is 15.7 Å². The lowest BCUT2D eigenvalue weighted by Gasteiger charge is -2.24. The van der Waals surface area contributed by atoms with Crippen molar-refractivity contribution < 1.29 is 13.2 Å². The van der Waals surface area contributed by atoms with Gasteiger partial charge in [-0.3, -0.25) is 9.48 Å². The fourth-order valence-electron chi connectivity index (χ4n) is 2.33. The summed E-state index contributed by atoms with van der Waals surface area (Å²) in [5.41, 5.74) is 1.55. The number of amides is 1. The van der Waals surface area contributed by atoms with Gasteiger partial charge in [0.2, 0.25) is 0 Å². The number of rotatable bonds is 7. The SMILES string of the molecule is CCS(=O)(=O)C[C@H](C)N(C)C(=O)c1cnn(Cc2ccccc2)c1. The second-order valence-electron chi connectivity index (χ2n) is 5.88. The Labute approximate surface area is 143 Å². The second-order valence-corrected chi connectivity index (χ2v) is 8.27. The fourth-order valence-corrected chi connectivity index (χ4v) is 3.53. The number of nitrogens with zero attached hydrogens (tertiary/aromatic N) is 3. The van der Waals surface area contributed by atoms with Crippen LogP contribution in [0.4, 0.5) is 0 Å². The van der Waals surface area contributed by atoms with Gasteiger partial charge in [-0.25, -0.2) is 8.42 Å². The third-order valence-electron chi connectivity index (χ3n) is 3.98. The first-order valence-corrected chi connectivity index (χ1v) is 9.68. The molecular formula is C17H23N3O3S. The summed E-state index contributed by atoms with van der Waals surface area (Å²) in [7, 11) is -1.51. The summed E-state index contributed by atoms with van der Waals surface area (Å²) in [5, 5.41) is 4.22. The molecule has 0 fully saturated rings. The van der Waals surface area contributed by atoms with Crippen LogP contribution in [0.15, 0.2) is 42.7 Å². The molecule has 0 saturated carbocycles. The Morgan fingerprint density at radius 3 is 2.58 bits per heavy atom. The zero-order valence-electron chi connectivity index (χ0n) is 14.2. The number of hydrogen-bond donors (Lipinski definition) is 0. The molecule has 130 valence electrons. The number of benzene rings is 1. The van der Waals surface area contributed by atoms with E-state index in [0.29, 0.717) is 12.1 Å². The van der Waals surface area contributed by atoms with Gasteiger partial charge in [-0.15, -0.1) is 0 Å². The van der Waals surface area contributed by atoms with E-state index in [-0.39, 0.29) is 23.5 Å². The highest BCUT2D eigenvalue weighted by molar-refractivity contribution is 7.91. The first-order valence-electron chi connectivity index (χ1n) is 7.86. The van der Waals surface area contributed by atoms with Crippen molar-refractivity contribution in [2.24, 2.45) is 0 Å². The molecule has 1 heterocycles. The van der Waals surface area contributed by atoms with Crippen LogP contribution in [0, 0.1) is 0 Å². The second kappa shape index (κ2) is 7.61. The molecule has 1 atom stereocenters. The Balaban J connectivity index is 2.04. The van der Waals surface area contributed by atoms with E-state index in [1.807, 2.05) is 30.3 Å². The van der Waals surface area contributed by atoms with Crippen LogP contribution in [0.3, 0.4) is 0 Å². The van der Waals surface area contributed by atoms with E-state index < -0.39 is 9.84 Å². The molecule has 0 aliphatic heterocycles. The number of carbonyl (C=O) groups is 1. The molecular weight excluding hydrogens is 326 g/mol. The molecule has 0 saturated heterocycles. The Bertz CT molecular complexity index is 784.